The Hall–Kier alpha value is -3.52. The number of allylic oxidation sites excluding steroid dienone is 2. The molecule has 4 unspecified atom stereocenters. The van der Waals surface area contributed by atoms with E-state index in [1.165, 1.54) is 75.9 Å². The van der Waals surface area contributed by atoms with Crippen LogP contribution in [0.1, 0.15) is 119 Å². The Morgan fingerprint density at radius 1 is 0.844 bits per heavy atom. The molecule has 0 aromatic heterocycles. The van der Waals surface area contributed by atoms with Gasteiger partial charge in [0.25, 0.3) is 0 Å². The first-order chi connectivity index (χ1) is 21.5. The molecule has 3 heterocycles. The number of anilines is 2. The van der Waals surface area contributed by atoms with Gasteiger partial charge in [0.15, 0.2) is 0 Å². The Labute approximate surface area is 270 Å². The fourth-order valence-electron chi connectivity index (χ4n) is 10.9. The summed E-state index contributed by atoms with van der Waals surface area (Å²) >= 11 is 0. The topological polar surface area (TPSA) is 3.24 Å². The number of para-hydroxylation sites is 1. The number of aryl methyl sites for hydroxylation is 1. The molecule has 4 atom stereocenters. The lowest BCUT2D eigenvalue weighted by molar-refractivity contribution is 0.195. The minimum Gasteiger partial charge on any atom is -0.335 e. The van der Waals surface area contributed by atoms with Gasteiger partial charge in [-0.3, -0.25) is 0 Å². The Morgan fingerprint density at radius 3 is 2.36 bits per heavy atom. The second-order valence-electron chi connectivity index (χ2n) is 16.6. The summed E-state index contributed by atoms with van der Waals surface area (Å²) in [6, 6.07) is 29.0. The average Bonchev–Trinajstić information content (AvgIpc) is 3.22. The molecule has 0 amide bonds. The molecule has 9 rings (SSSR count). The van der Waals surface area contributed by atoms with Crippen LogP contribution in [0.2, 0.25) is 0 Å². The molecule has 2 heteroatoms. The predicted octanol–water partition coefficient (Wildman–Crippen LogP) is 8.89. The van der Waals surface area contributed by atoms with Gasteiger partial charge >= 0.3 is 0 Å². The molecule has 2 aliphatic carbocycles. The van der Waals surface area contributed by atoms with Crippen molar-refractivity contribution in [3.63, 3.8) is 0 Å². The molecule has 4 aromatic carbocycles. The molecule has 0 N–H and O–H groups in total. The average molecular weight is 588 g/mol. The highest BCUT2D eigenvalue weighted by atomic mass is 15.3. The number of fused-ring (bicyclic) bond motifs is 7. The minimum atomic E-state index is 0.0584. The van der Waals surface area contributed by atoms with Crippen LogP contribution in [-0.2, 0) is 10.8 Å². The van der Waals surface area contributed by atoms with Gasteiger partial charge in [-0.25, -0.2) is 0 Å². The van der Waals surface area contributed by atoms with Crippen molar-refractivity contribution >= 4 is 45.6 Å². The van der Waals surface area contributed by atoms with Gasteiger partial charge in [0.1, 0.15) is 0 Å². The van der Waals surface area contributed by atoms with E-state index in [9.17, 15) is 0 Å². The van der Waals surface area contributed by atoms with E-state index in [0.717, 1.165) is 0 Å². The first-order valence-corrected chi connectivity index (χ1v) is 17.5. The van der Waals surface area contributed by atoms with Crippen LogP contribution < -0.4 is 21.3 Å². The first-order valence-electron chi connectivity index (χ1n) is 17.5. The molecule has 1 saturated carbocycles. The van der Waals surface area contributed by atoms with Gasteiger partial charge in [0.05, 0.1) is 5.54 Å². The highest BCUT2D eigenvalue weighted by molar-refractivity contribution is 6.99. The van der Waals surface area contributed by atoms with E-state index >= 15 is 0 Å². The van der Waals surface area contributed by atoms with Crippen molar-refractivity contribution in [1.29, 1.82) is 0 Å². The van der Waals surface area contributed by atoms with Crippen LogP contribution in [0.25, 0.3) is 11.1 Å². The lowest BCUT2D eigenvalue weighted by atomic mass is 9.30. The monoisotopic (exact) mass is 587 g/mol. The van der Waals surface area contributed by atoms with Crippen LogP contribution in [0.4, 0.5) is 11.4 Å². The van der Waals surface area contributed by atoms with E-state index in [4.69, 9.17) is 0 Å². The molecule has 0 spiro atoms. The van der Waals surface area contributed by atoms with Gasteiger partial charge in [-0.2, -0.15) is 0 Å². The smallest absolute Gasteiger partial charge is 0.247 e. The maximum atomic E-state index is 2.88. The molecular formula is C43H46BN. The largest absolute Gasteiger partial charge is 0.335 e. The molecule has 3 aliphatic heterocycles. The fraction of sp³-hybridized carbons (Fsp3) is 0.395. The normalized spacial score (nSPS) is 27.2. The Kier molecular flexibility index (Phi) is 5.46. The van der Waals surface area contributed by atoms with Crippen molar-refractivity contribution in [1.82, 2.24) is 0 Å². The van der Waals surface area contributed by atoms with Gasteiger partial charge in [0.2, 0.25) is 6.71 Å². The van der Waals surface area contributed by atoms with Gasteiger partial charge in [-0.15, -0.1) is 0 Å². The zero-order valence-electron chi connectivity index (χ0n) is 28.4. The molecule has 5 aliphatic rings. The molecule has 226 valence electrons. The summed E-state index contributed by atoms with van der Waals surface area (Å²) in [5, 5.41) is 0. The van der Waals surface area contributed by atoms with E-state index in [1.54, 1.807) is 27.6 Å². The molecule has 4 aromatic rings. The van der Waals surface area contributed by atoms with Crippen LogP contribution in [0.5, 0.6) is 0 Å². The van der Waals surface area contributed by atoms with E-state index in [-0.39, 0.29) is 23.1 Å². The standard InChI is InChI=1S/C43H46BN/c1-25-21-31-37-27(3)36(28-15-10-9-11-16-28)26(2)30-23-29(41(4,5)6)24-34(38(30)37)44-33-18-14-17-32-40(33)45(35(22-25)39(31)44)43(8)20-13-12-19-42(32,43)7/h9-11,14-18,21-24,27,37H,12-13,19-20H2,1-8H3. The molecule has 45 heavy (non-hydrogen) atoms. The number of hydrogen-bond acceptors (Lipinski definition) is 1. The third-order valence-electron chi connectivity index (χ3n) is 13.2. The Balaban J connectivity index is 1.43. The highest BCUT2D eigenvalue weighted by Crippen LogP contribution is 2.62. The summed E-state index contributed by atoms with van der Waals surface area (Å²) < 4.78 is 0. The number of benzene rings is 4. The van der Waals surface area contributed by atoms with Crippen molar-refractivity contribution in [2.75, 3.05) is 4.90 Å². The van der Waals surface area contributed by atoms with Gasteiger partial charge in [-0.1, -0.05) is 120 Å². The molecule has 0 bridgehead atoms. The zero-order valence-corrected chi connectivity index (χ0v) is 28.4. The summed E-state index contributed by atoms with van der Waals surface area (Å²) in [6.45, 7) is 19.9. The van der Waals surface area contributed by atoms with Gasteiger partial charge in [-0.05, 0) is 112 Å². The van der Waals surface area contributed by atoms with E-state index in [1.807, 2.05) is 0 Å². The molecule has 0 radical (unpaired) electrons. The van der Waals surface area contributed by atoms with Crippen LogP contribution in [0.15, 0.2) is 72.8 Å². The molecule has 1 nitrogen and oxygen atoms in total. The van der Waals surface area contributed by atoms with Crippen molar-refractivity contribution in [3.8, 4) is 0 Å². The molecule has 1 fully saturated rings. The lowest BCUT2D eigenvalue weighted by Gasteiger charge is -2.53. The summed E-state index contributed by atoms with van der Waals surface area (Å²) in [5.41, 5.74) is 21.5. The van der Waals surface area contributed by atoms with Crippen molar-refractivity contribution in [2.45, 2.75) is 103 Å². The van der Waals surface area contributed by atoms with Crippen molar-refractivity contribution in [2.24, 2.45) is 5.92 Å². The predicted molar refractivity (Wildman–Crippen MR) is 194 cm³/mol. The van der Waals surface area contributed by atoms with Crippen LogP contribution in [0, 0.1) is 12.8 Å². The van der Waals surface area contributed by atoms with Crippen LogP contribution in [0.3, 0.4) is 0 Å². The van der Waals surface area contributed by atoms with Crippen LogP contribution in [-0.4, -0.2) is 12.3 Å². The molecule has 0 saturated heterocycles. The summed E-state index contributed by atoms with van der Waals surface area (Å²) in [7, 11) is 0. The van der Waals surface area contributed by atoms with Crippen molar-refractivity contribution < 1.29 is 0 Å². The fourth-order valence-corrected chi connectivity index (χ4v) is 10.9. The van der Waals surface area contributed by atoms with Crippen LogP contribution >= 0.6 is 0 Å². The summed E-state index contributed by atoms with van der Waals surface area (Å²) in [4.78, 5) is 2.88. The minimum absolute atomic E-state index is 0.0584. The quantitative estimate of drug-likeness (QED) is 0.201. The third kappa shape index (κ3) is 3.32. The third-order valence-corrected chi connectivity index (χ3v) is 13.2. The summed E-state index contributed by atoms with van der Waals surface area (Å²) in [6.07, 6.45) is 5.16. The van der Waals surface area contributed by atoms with E-state index < -0.39 is 0 Å². The first kappa shape index (κ1) is 27.8. The van der Waals surface area contributed by atoms with Crippen molar-refractivity contribution in [3.05, 3.63) is 112 Å². The van der Waals surface area contributed by atoms with E-state index in [0.29, 0.717) is 11.8 Å². The second-order valence-corrected chi connectivity index (χ2v) is 16.6. The Morgan fingerprint density at radius 2 is 1.60 bits per heavy atom. The Bertz CT molecular complexity index is 1980. The summed E-state index contributed by atoms with van der Waals surface area (Å²) in [5.74, 6) is 0.721. The zero-order chi connectivity index (χ0) is 31.2. The number of hydrogen-bond donors (Lipinski definition) is 0. The van der Waals surface area contributed by atoms with Gasteiger partial charge < -0.3 is 4.90 Å². The second kappa shape index (κ2) is 8.84. The maximum Gasteiger partial charge on any atom is 0.247 e. The number of rotatable bonds is 1. The lowest BCUT2D eigenvalue weighted by Crippen LogP contribution is -2.65. The van der Waals surface area contributed by atoms with Gasteiger partial charge in [0, 0.05) is 22.7 Å². The molecular weight excluding hydrogens is 541 g/mol. The maximum absolute atomic E-state index is 2.88. The SMILES string of the molecule is CC1=C(c2ccccc2)C(C)C2c3cc(C)cc4c3B(c3cc(C(C)(C)C)cc1c32)c1cccc2c1N4C1(C)CCCCC21C. The number of nitrogens with zero attached hydrogens (tertiary/aromatic N) is 1. The van der Waals surface area contributed by atoms with E-state index in [2.05, 4.69) is 133 Å². The highest BCUT2D eigenvalue weighted by Gasteiger charge is 2.61.